The molecule has 2 bridgehead atoms. The first-order chi connectivity index (χ1) is 11.5. The maximum Gasteiger partial charge on any atom is 0.313 e. The Kier molecular flexibility index (Phi) is 4.55. The molecule has 3 rings (SSSR count). The van der Waals surface area contributed by atoms with Crippen molar-refractivity contribution in [3.63, 3.8) is 0 Å². The van der Waals surface area contributed by atoms with Crippen LogP contribution in [0.5, 0.6) is 0 Å². The molecule has 2 heterocycles. The summed E-state index contributed by atoms with van der Waals surface area (Å²) in [6.07, 6.45) is 2.71. The van der Waals surface area contributed by atoms with Gasteiger partial charge in [-0.2, -0.15) is 0 Å². The smallest absolute Gasteiger partial charge is 0.313 e. The van der Waals surface area contributed by atoms with Crippen LogP contribution in [-0.4, -0.2) is 53.2 Å². The topological polar surface area (TPSA) is 69.7 Å². The van der Waals surface area contributed by atoms with Crippen LogP contribution in [0.1, 0.15) is 31.7 Å². The number of carbonyl (C=O) groups is 3. The Morgan fingerprint density at radius 2 is 1.92 bits per heavy atom. The van der Waals surface area contributed by atoms with Crippen molar-refractivity contribution in [3.05, 3.63) is 29.8 Å². The maximum atomic E-state index is 12.7. The molecule has 128 valence electrons. The Hall–Kier alpha value is -2.37. The molecule has 2 aliphatic rings. The number of hydrogen-bond donors (Lipinski definition) is 1. The molecule has 0 spiro atoms. The molecule has 1 N–H and O–H groups in total. The highest BCUT2D eigenvalue weighted by atomic mass is 16.2. The van der Waals surface area contributed by atoms with E-state index >= 15 is 0 Å². The second-order valence-corrected chi connectivity index (χ2v) is 6.54. The molecular weight excluding hydrogens is 306 g/mol. The van der Waals surface area contributed by atoms with Gasteiger partial charge in [-0.25, -0.2) is 0 Å². The first kappa shape index (κ1) is 16.5. The Morgan fingerprint density at radius 1 is 1.21 bits per heavy atom. The molecular formula is C18H23N3O3. The van der Waals surface area contributed by atoms with E-state index in [2.05, 4.69) is 5.32 Å². The summed E-state index contributed by atoms with van der Waals surface area (Å²) in [6, 6.07) is 7.26. The lowest BCUT2D eigenvalue weighted by atomic mass is 10.1. The summed E-state index contributed by atoms with van der Waals surface area (Å²) >= 11 is 0. The van der Waals surface area contributed by atoms with Crippen molar-refractivity contribution in [1.82, 2.24) is 9.80 Å². The maximum absolute atomic E-state index is 12.7. The third-order valence-electron chi connectivity index (χ3n) is 5.02. The Bertz CT molecular complexity index is 673. The summed E-state index contributed by atoms with van der Waals surface area (Å²) in [5.74, 6) is -1.11. The van der Waals surface area contributed by atoms with Crippen LogP contribution in [0.15, 0.2) is 24.3 Å². The normalized spacial score (nSPS) is 23.2. The average Bonchev–Trinajstić information content (AvgIpc) is 2.90. The minimum Gasteiger partial charge on any atom is -0.344 e. The van der Waals surface area contributed by atoms with Crippen molar-refractivity contribution < 1.29 is 14.4 Å². The van der Waals surface area contributed by atoms with E-state index in [-0.39, 0.29) is 18.0 Å². The molecule has 2 saturated heterocycles. The number of benzene rings is 1. The summed E-state index contributed by atoms with van der Waals surface area (Å²) in [4.78, 5) is 40.5. The minimum atomic E-state index is -0.621. The summed E-state index contributed by atoms with van der Waals surface area (Å²) in [5.41, 5.74) is 1.67. The van der Waals surface area contributed by atoms with Gasteiger partial charge in [0.05, 0.1) is 6.04 Å². The summed E-state index contributed by atoms with van der Waals surface area (Å²) in [7, 11) is 1.75. The molecule has 0 saturated carbocycles. The molecule has 0 radical (unpaired) electrons. The molecule has 1 aromatic carbocycles. The number of fused-ring (bicyclic) bond motifs is 2. The SMILES string of the molecule is CCc1ccccc1NC(=O)C(=O)N1[C@@H]2CC[C@H]1CN(C)C(=O)C2. The zero-order chi connectivity index (χ0) is 17.3. The monoisotopic (exact) mass is 329 g/mol. The Labute approximate surface area is 141 Å². The molecule has 0 unspecified atom stereocenters. The molecule has 0 aromatic heterocycles. The number of amides is 3. The Balaban J connectivity index is 1.76. The standard InChI is InChI=1S/C18H23N3O3/c1-3-12-6-4-5-7-15(12)19-17(23)18(24)21-13-8-9-14(21)11-20(2)16(22)10-13/h4-7,13-14H,3,8-11H2,1-2H3,(H,19,23)/t13-,14+/m1/s1. The van der Waals surface area contributed by atoms with E-state index in [0.29, 0.717) is 18.7 Å². The molecule has 1 aromatic rings. The third-order valence-corrected chi connectivity index (χ3v) is 5.02. The molecule has 2 fully saturated rings. The van der Waals surface area contributed by atoms with Crippen LogP contribution >= 0.6 is 0 Å². The first-order valence-electron chi connectivity index (χ1n) is 8.46. The quantitative estimate of drug-likeness (QED) is 0.834. The lowest BCUT2D eigenvalue weighted by molar-refractivity contribution is -0.145. The second-order valence-electron chi connectivity index (χ2n) is 6.54. The van der Waals surface area contributed by atoms with Crippen LogP contribution in [0.3, 0.4) is 0 Å². The highest BCUT2D eigenvalue weighted by molar-refractivity contribution is 6.39. The fraction of sp³-hybridized carbons (Fsp3) is 0.500. The van der Waals surface area contributed by atoms with Crippen LogP contribution in [-0.2, 0) is 20.8 Å². The van der Waals surface area contributed by atoms with Gasteiger partial charge in [0.2, 0.25) is 5.91 Å². The van der Waals surface area contributed by atoms with Gasteiger partial charge in [-0.3, -0.25) is 14.4 Å². The minimum absolute atomic E-state index is 0.0386. The number of rotatable bonds is 2. The molecule has 3 amide bonds. The number of carbonyl (C=O) groups excluding carboxylic acids is 3. The molecule has 0 aliphatic carbocycles. The van der Waals surface area contributed by atoms with Crippen molar-refractivity contribution in [2.75, 3.05) is 18.9 Å². The lowest BCUT2D eigenvalue weighted by Crippen LogP contribution is -2.47. The number of likely N-dealkylation sites (N-methyl/N-ethyl adjacent to an activating group) is 1. The molecule has 6 nitrogen and oxygen atoms in total. The van der Waals surface area contributed by atoms with Gasteiger partial charge < -0.3 is 15.1 Å². The van der Waals surface area contributed by atoms with Crippen molar-refractivity contribution in [1.29, 1.82) is 0 Å². The van der Waals surface area contributed by atoms with Crippen molar-refractivity contribution in [3.8, 4) is 0 Å². The highest BCUT2D eigenvalue weighted by Gasteiger charge is 2.43. The molecule has 6 heteroatoms. The van der Waals surface area contributed by atoms with Gasteiger partial charge in [0, 0.05) is 31.7 Å². The van der Waals surface area contributed by atoms with Crippen molar-refractivity contribution >= 4 is 23.4 Å². The number of hydrogen-bond acceptors (Lipinski definition) is 3. The number of likely N-dealkylation sites (tertiary alicyclic amines) is 1. The zero-order valence-corrected chi connectivity index (χ0v) is 14.1. The largest absolute Gasteiger partial charge is 0.344 e. The number of para-hydroxylation sites is 1. The number of anilines is 1. The van der Waals surface area contributed by atoms with E-state index in [9.17, 15) is 14.4 Å². The zero-order valence-electron chi connectivity index (χ0n) is 14.1. The second kappa shape index (κ2) is 6.63. The molecule has 2 aliphatic heterocycles. The van der Waals surface area contributed by atoms with E-state index in [0.717, 1.165) is 24.8 Å². The fourth-order valence-corrected chi connectivity index (χ4v) is 3.69. The summed E-state index contributed by atoms with van der Waals surface area (Å²) in [6.45, 7) is 2.50. The van der Waals surface area contributed by atoms with Crippen LogP contribution in [0.2, 0.25) is 0 Å². The first-order valence-corrected chi connectivity index (χ1v) is 8.46. The number of nitrogens with zero attached hydrogens (tertiary/aromatic N) is 2. The van der Waals surface area contributed by atoms with E-state index in [1.165, 1.54) is 0 Å². The average molecular weight is 329 g/mol. The van der Waals surface area contributed by atoms with E-state index in [1.807, 2.05) is 25.1 Å². The van der Waals surface area contributed by atoms with E-state index < -0.39 is 11.8 Å². The van der Waals surface area contributed by atoms with Crippen LogP contribution < -0.4 is 5.32 Å². The van der Waals surface area contributed by atoms with Crippen molar-refractivity contribution in [2.24, 2.45) is 0 Å². The predicted molar refractivity (Wildman–Crippen MR) is 90.4 cm³/mol. The van der Waals surface area contributed by atoms with Crippen LogP contribution in [0.25, 0.3) is 0 Å². The molecule has 24 heavy (non-hydrogen) atoms. The van der Waals surface area contributed by atoms with Crippen LogP contribution in [0, 0.1) is 0 Å². The van der Waals surface area contributed by atoms with Gasteiger partial charge in [-0.15, -0.1) is 0 Å². The highest BCUT2D eigenvalue weighted by Crippen LogP contribution is 2.30. The predicted octanol–water partition coefficient (Wildman–Crippen LogP) is 1.41. The Morgan fingerprint density at radius 3 is 2.67 bits per heavy atom. The van der Waals surface area contributed by atoms with Crippen LogP contribution in [0.4, 0.5) is 5.69 Å². The summed E-state index contributed by atoms with van der Waals surface area (Å²) < 4.78 is 0. The lowest BCUT2D eigenvalue weighted by Gasteiger charge is -2.27. The van der Waals surface area contributed by atoms with E-state index in [1.54, 1.807) is 22.9 Å². The number of nitrogens with one attached hydrogen (secondary N) is 1. The van der Waals surface area contributed by atoms with Crippen molar-refractivity contribution in [2.45, 2.75) is 44.7 Å². The number of aryl methyl sites for hydroxylation is 1. The van der Waals surface area contributed by atoms with Gasteiger partial charge in [0.15, 0.2) is 0 Å². The third kappa shape index (κ3) is 3.00. The van der Waals surface area contributed by atoms with Gasteiger partial charge in [-0.1, -0.05) is 25.1 Å². The van der Waals surface area contributed by atoms with Gasteiger partial charge in [0.1, 0.15) is 0 Å². The van der Waals surface area contributed by atoms with Gasteiger partial charge in [-0.05, 0) is 30.9 Å². The van der Waals surface area contributed by atoms with Gasteiger partial charge >= 0.3 is 11.8 Å². The summed E-state index contributed by atoms with van der Waals surface area (Å²) in [5, 5.41) is 2.74. The van der Waals surface area contributed by atoms with E-state index in [4.69, 9.17) is 0 Å². The molecule has 2 atom stereocenters. The van der Waals surface area contributed by atoms with Gasteiger partial charge in [0.25, 0.3) is 0 Å². The fourth-order valence-electron chi connectivity index (χ4n) is 3.69.